The number of carbonyl (C=O) groups is 2. The number of aliphatic hydroxyl groups is 1. The Bertz CT molecular complexity index is 1140. The average molecular weight is 434 g/mol. The van der Waals surface area contributed by atoms with Crippen LogP contribution in [0.25, 0.3) is 5.76 Å². The summed E-state index contributed by atoms with van der Waals surface area (Å²) in [5.41, 5.74) is 2.13. The first-order chi connectivity index (χ1) is 15.0. The molecule has 0 spiro atoms. The van der Waals surface area contributed by atoms with Gasteiger partial charge in [-0.1, -0.05) is 66.2 Å². The van der Waals surface area contributed by atoms with Crippen LogP contribution in [-0.2, 0) is 16.0 Å². The summed E-state index contributed by atoms with van der Waals surface area (Å²) in [6, 6.07) is 21.6. The lowest BCUT2D eigenvalue weighted by Crippen LogP contribution is -2.31. The number of nitrogens with zero attached hydrogens (tertiary/aromatic N) is 1. The van der Waals surface area contributed by atoms with Crippen molar-refractivity contribution in [2.75, 3.05) is 6.54 Å². The van der Waals surface area contributed by atoms with E-state index in [-0.39, 0.29) is 23.6 Å². The quantitative estimate of drug-likeness (QED) is 0.347. The van der Waals surface area contributed by atoms with Gasteiger partial charge in [0.05, 0.1) is 11.6 Å². The van der Waals surface area contributed by atoms with E-state index in [4.69, 9.17) is 11.6 Å². The molecular formula is C25H20ClNO4. The Labute approximate surface area is 184 Å². The monoisotopic (exact) mass is 433 g/mol. The Morgan fingerprint density at radius 1 is 0.903 bits per heavy atom. The molecule has 0 aromatic heterocycles. The molecule has 3 aromatic rings. The molecule has 1 unspecified atom stereocenters. The molecule has 0 radical (unpaired) electrons. The molecule has 1 aliphatic rings. The Balaban J connectivity index is 1.75. The summed E-state index contributed by atoms with van der Waals surface area (Å²) < 4.78 is 0. The lowest BCUT2D eigenvalue weighted by atomic mass is 9.95. The molecule has 3 aromatic carbocycles. The Hall–Kier alpha value is -3.57. The van der Waals surface area contributed by atoms with Crippen molar-refractivity contribution in [3.8, 4) is 5.75 Å². The third-order valence-corrected chi connectivity index (χ3v) is 5.60. The minimum absolute atomic E-state index is 0.0595. The molecule has 31 heavy (non-hydrogen) atoms. The fraction of sp³-hybridized carbons (Fsp3) is 0.120. The number of aliphatic hydroxyl groups excluding tert-OH is 1. The third kappa shape index (κ3) is 4.18. The van der Waals surface area contributed by atoms with Crippen molar-refractivity contribution in [3.63, 3.8) is 0 Å². The van der Waals surface area contributed by atoms with E-state index in [1.54, 1.807) is 72.8 Å². The maximum Gasteiger partial charge on any atom is 0.295 e. The van der Waals surface area contributed by atoms with E-state index < -0.39 is 17.7 Å². The molecule has 5 nitrogen and oxygen atoms in total. The minimum atomic E-state index is -0.727. The summed E-state index contributed by atoms with van der Waals surface area (Å²) in [7, 11) is 0. The summed E-state index contributed by atoms with van der Waals surface area (Å²) >= 11 is 6.03. The average Bonchev–Trinajstić information content (AvgIpc) is 3.04. The number of likely N-dealkylation sites (tertiary alicyclic amines) is 1. The fourth-order valence-corrected chi connectivity index (χ4v) is 3.89. The molecule has 1 amide bonds. The van der Waals surface area contributed by atoms with Gasteiger partial charge in [0.25, 0.3) is 11.7 Å². The van der Waals surface area contributed by atoms with Crippen LogP contribution in [0.15, 0.2) is 84.4 Å². The van der Waals surface area contributed by atoms with Crippen LogP contribution < -0.4 is 0 Å². The minimum Gasteiger partial charge on any atom is -0.508 e. The maximum absolute atomic E-state index is 13.0. The number of benzene rings is 3. The van der Waals surface area contributed by atoms with Crippen LogP contribution in [0.5, 0.6) is 5.75 Å². The number of rotatable bonds is 5. The molecule has 0 bridgehead atoms. The van der Waals surface area contributed by atoms with Crippen LogP contribution in [0.1, 0.15) is 22.7 Å². The zero-order valence-corrected chi connectivity index (χ0v) is 17.3. The van der Waals surface area contributed by atoms with E-state index in [9.17, 15) is 19.8 Å². The lowest BCUT2D eigenvalue weighted by Gasteiger charge is -2.25. The standard InChI is InChI=1S/C25H20ClNO4/c26-19-10-8-17(9-11-19)22-21(23(29)18-4-2-1-3-5-18)24(30)25(31)27(22)15-14-16-6-12-20(28)13-7-16/h1-13,22,28-29H,14-15H2/b23-21+. The summed E-state index contributed by atoms with van der Waals surface area (Å²) in [5.74, 6) is -1.41. The van der Waals surface area contributed by atoms with E-state index in [1.807, 2.05) is 6.07 Å². The van der Waals surface area contributed by atoms with Crippen molar-refractivity contribution >= 4 is 29.1 Å². The van der Waals surface area contributed by atoms with Gasteiger partial charge >= 0.3 is 0 Å². The highest BCUT2D eigenvalue weighted by Gasteiger charge is 2.45. The second kappa shape index (κ2) is 8.66. The molecule has 6 heteroatoms. The number of hydrogen-bond acceptors (Lipinski definition) is 4. The topological polar surface area (TPSA) is 77.8 Å². The predicted molar refractivity (Wildman–Crippen MR) is 119 cm³/mol. The van der Waals surface area contributed by atoms with Gasteiger partial charge in [0.1, 0.15) is 11.5 Å². The molecule has 2 N–H and O–H groups in total. The number of ketones is 1. The summed E-state index contributed by atoms with van der Waals surface area (Å²) in [4.78, 5) is 27.4. The van der Waals surface area contributed by atoms with Crippen LogP contribution in [0.2, 0.25) is 5.02 Å². The first-order valence-electron chi connectivity index (χ1n) is 9.83. The normalized spacial score (nSPS) is 17.8. The van der Waals surface area contributed by atoms with Crippen molar-refractivity contribution < 1.29 is 19.8 Å². The molecule has 156 valence electrons. The summed E-state index contributed by atoms with van der Waals surface area (Å²) in [6.07, 6.45) is 0.489. The smallest absolute Gasteiger partial charge is 0.295 e. The highest BCUT2D eigenvalue weighted by Crippen LogP contribution is 2.39. The van der Waals surface area contributed by atoms with Crippen molar-refractivity contribution in [2.45, 2.75) is 12.5 Å². The number of phenolic OH excluding ortho intramolecular Hbond substituents is 1. The van der Waals surface area contributed by atoms with Crippen LogP contribution >= 0.6 is 11.6 Å². The summed E-state index contributed by atoms with van der Waals surface area (Å²) in [5, 5.41) is 21.0. The second-order valence-corrected chi connectivity index (χ2v) is 7.76. The van der Waals surface area contributed by atoms with Crippen molar-refractivity contribution in [2.24, 2.45) is 0 Å². The summed E-state index contributed by atoms with van der Waals surface area (Å²) in [6.45, 7) is 0.272. The van der Waals surface area contributed by atoms with Crippen molar-refractivity contribution in [1.82, 2.24) is 4.90 Å². The number of aromatic hydroxyl groups is 1. The molecule has 0 aliphatic carbocycles. The van der Waals surface area contributed by atoms with Gasteiger partial charge in [-0.3, -0.25) is 9.59 Å². The zero-order valence-electron chi connectivity index (χ0n) is 16.5. The van der Waals surface area contributed by atoms with Crippen LogP contribution in [0, 0.1) is 0 Å². The fourth-order valence-electron chi connectivity index (χ4n) is 3.77. The van der Waals surface area contributed by atoms with Gasteiger partial charge in [-0.25, -0.2) is 0 Å². The molecule has 0 saturated carbocycles. The molecule has 1 heterocycles. The molecule has 1 saturated heterocycles. The van der Waals surface area contributed by atoms with Crippen LogP contribution in [-0.4, -0.2) is 33.3 Å². The van der Waals surface area contributed by atoms with Gasteiger partial charge < -0.3 is 15.1 Å². The predicted octanol–water partition coefficient (Wildman–Crippen LogP) is 4.71. The number of amides is 1. The van der Waals surface area contributed by atoms with E-state index >= 15 is 0 Å². The Kier molecular flexibility index (Phi) is 5.78. The Morgan fingerprint density at radius 3 is 2.19 bits per heavy atom. The van der Waals surface area contributed by atoms with Crippen LogP contribution in [0.4, 0.5) is 0 Å². The van der Waals surface area contributed by atoms with E-state index in [0.717, 1.165) is 5.56 Å². The largest absolute Gasteiger partial charge is 0.508 e. The van der Waals surface area contributed by atoms with Gasteiger partial charge in [-0.15, -0.1) is 0 Å². The second-order valence-electron chi connectivity index (χ2n) is 7.33. The molecule has 1 aliphatic heterocycles. The van der Waals surface area contributed by atoms with Gasteiger partial charge in [-0.05, 0) is 41.8 Å². The number of carbonyl (C=O) groups excluding carboxylic acids is 2. The van der Waals surface area contributed by atoms with Gasteiger partial charge in [0, 0.05) is 17.1 Å². The highest BCUT2D eigenvalue weighted by molar-refractivity contribution is 6.46. The van der Waals surface area contributed by atoms with Crippen LogP contribution in [0.3, 0.4) is 0 Å². The first-order valence-corrected chi connectivity index (χ1v) is 10.2. The number of hydrogen-bond donors (Lipinski definition) is 2. The third-order valence-electron chi connectivity index (χ3n) is 5.35. The maximum atomic E-state index is 13.0. The molecule has 1 atom stereocenters. The lowest BCUT2D eigenvalue weighted by molar-refractivity contribution is -0.139. The zero-order chi connectivity index (χ0) is 22.0. The SMILES string of the molecule is O=C1C(=O)N(CCc2ccc(O)cc2)C(c2ccc(Cl)cc2)/C1=C(\O)c1ccccc1. The number of halogens is 1. The molecule has 4 rings (SSSR count). The molecule has 1 fully saturated rings. The highest BCUT2D eigenvalue weighted by atomic mass is 35.5. The number of phenols is 1. The number of Topliss-reactive ketones (excluding diaryl/α,β-unsaturated/α-hetero) is 1. The van der Waals surface area contributed by atoms with Crippen molar-refractivity contribution in [3.05, 3.63) is 106 Å². The van der Waals surface area contributed by atoms with E-state index in [2.05, 4.69) is 0 Å². The van der Waals surface area contributed by atoms with Gasteiger partial charge in [-0.2, -0.15) is 0 Å². The Morgan fingerprint density at radius 2 is 1.55 bits per heavy atom. The van der Waals surface area contributed by atoms with E-state index in [1.165, 1.54) is 4.90 Å². The molecular weight excluding hydrogens is 414 g/mol. The van der Waals surface area contributed by atoms with Crippen molar-refractivity contribution in [1.29, 1.82) is 0 Å². The van der Waals surface area contributed by atoms with Gasteiger partial charge in [0.2, 0.25) is 0 Å². The first kappa shape index (κ1) is 20.7. The van der Waals surface area contributed by atoms with E-state index in [0.29, 0.717) is 22.6 Å². The van der Waals surface area contributed by atoms with Gasteiger partial charge in [0.15, 0.2) is 0 Å².